The summed E-state index contributed by atoms with van der Waals surface area (Å²) in [6.07, 6.45) is 2.32. The van der Waals surface area contributed by atoms with Crippen molar-refractivity contribution in [2.75, 3.05) is 25.6 Å². The first-order valence-electron chi connectivity index (χ1n) is 4.25. The van der Waals surface area contributed by atoms with Crippen LogP contribution in [0.15, 0.2) is 4.99 Å². The molecule has 0 aliphatic carbocycles. The number of nitrogens with zero attached hydrogens (tertiary/aromatic N) is 2. The standard InChI is InChI=1S/C8H16N2O2S/c1-8(9-7-10(2)3)4-5-13(11,12)6-8/h7H,4-6H2,1-3H3. The van der Waals surface area contributed by atoms with Crippen LogP contribution in [0.3, 0.4) is 0 Å². The van der Waals surface area contributed by atoms with E-state index in [0.717, 1.165) is 0 Å². The summed E-state index contributed by atoms with van der Waals surface area (Å²) in [7, 11) is 0.909. The van der Waals surface area contributed by atoms with Crippen LogP contribution in [-0.4, -0.2) is 50.8 Å². The molecule has 0 bridgehead atoms. The Labute approximate surface area is 79.6 Å². The summed E-state index contributed by atoms with van der Waals surface area (Å²) in [4.78, 5) is 6.09. The molecule has 1 saturated heterocycles. The van der Waals surface area contributed by atoms with Crippen LogP contribution < -0.4 is 0 Å². The third kappa shape index (κ3) is 2.99. The van der Waals surface area contributed by atoms with Crippen LogP contribution in [0.25, 0.3) is 0 Å². The normalized spacial score (nSPS) is 32.5. The van der Waals surface area contributed by atoms with Gasteiger partial charge in [0.05, 0.1) is 23.4 Å². The highest BCUT2D eigenvalue weighted by molar-refractivity contribution is 7.91. The van der Waals surface area contributed by atoms with E-state index in [4.69, 9.17) is 0 Å². The molecule has 76 valence electrons. The van der Waals surface area contributed by atoms with Gasteiger partial charge in [-0.05, 0) is 13.3 Å². The van der Waals surface area contributed by atoms with Crippen molar-refractivity contribution in [2.24, 2.45) is 4.99 Å². The third-order valence-electron chi connectivity index (χ3n) is 2.08. The van der Waals surface area contributed by atoms with Gasteiger partial charge in [0, 0.05) is 14.1 Å². The molecule has 1 fully saturated rings. The average molecular weight is 204 g/mol. The minimum absolute atomic E-state index is 0.185. The lowest BCUT2D eigenvalue weighted by molar-refractivity contribution is 0.520. The molecule has 1 rings (SSSR count). The van der Waals surface area contributed by atoms with Crippen LogP contribution in [0, 0.1) is 0 Å². The molecule has 0 spiro atoms. The lowest BCUT2D eigenvalue weighted by Crippen LogP contribution is -2.25. The second-order valence-corrected chi connectivity index (χ2v) is 6.23. The van der Waals surface area contributed by atoms with Crippen LogP contribution in [0.2, 0.25) is 0 Å². The van der Waals surface area contributed by atoms with E-state index < -0.39 is 15.4 Å². The van der Waals surface area contributed by atoms with Gasteiger partial charge >= 0.3 is 0 Å². The molecule has 4 nitrogen and oxygen atoms in total. The van der Waals surface area contributed by atoms with Gasteiger partial charge in [-0.3, -0.25) is 4.99 Å². The molecule has 0 aromatic rings. The molecule has 1 heterocycles. The fraction of sp³-hybridized carbons (Fsp3) is 0.875. The Bertz CT molecular complexity index is 308. The molecular weight excluding hydrogens is 188 g/mol. The van der Waals surface area contributed by atoms with Gasteiger partial charge in [-0.25, -0.2) is 8.42 Å². The fourth-order valence-electron chi connectivity index (χ4n) is 1.35. The highest BCUT2D eigenvalue weighted by atomic mass is 32.2. The van der Waals surface area contributed by atoms with Crippen LogP contribution in [0.5, 0.6) is 0 Å². The average Bonchev–Trinajstić information content (AvgIpc) is 2.23. The molecule has 5 heteroatoms. The summed E-state index contributed by atoms with van der Waals surface area (Å²) >= 11 is 0. The molecule has 1 atom stereocenters. The van der Waals surface area contributed by atoms with Crippen molar-refractivity contribution in [3.63, 3.8) is 0 Å². The van der Waals surface area contributed by atoms with E-state index in [1.54, 1.807) is 6.34 Å². The molecule has 0 radical (unpaired) electrons. The fourth-order valence-corrected chi connectivity index (χ4v) is 3.41. The highest BCUT2D eigenvalue weighted by Gasteiger charge is 2.37. The maximum Gasteiger partial charge on any atom is 0.152 e. The van der Waals surface area contributed by atoms with Crippen LogP contribution in [0.4, 0.5) is 0 Å². The smallest absolute Gasteiger partial charge is 0.152 e. The molecule has 1 unspecified atom stereocenters. The maximum absolute atomic E-state index is 11.2. The molecule has 0 aromatic carbocycles. The predicted molar refractivity (Wildman–Crippen MR) is 53.9 cm³/mol. The van der Waals surface area contributed by atoms with Gasteiger partial charge in [0.15, 0.2) is 9.84 Å². The SMILES string of the molecule is CN(C)C=NC1(C)CCS(=O)(=O)C1. The predicted octanol–water partition coefficient (Wildman–Crippen LogP) is 0.154. The second kappa shape index (κ2) is 3.29. The van der Waals surface area contributed by atoms with Crippen LogP contribution in [-0.2, 0) is 9.84 Å². The van der Waals surface area contributed by atoms with E-state index >= 15 is 0 Å². The molecule has 0 saturated carbocycles. The van der Waals surface area contributed by atoms with E-state index in [2.05, 4.69) is 4.99 Å². The van der Waals surface area contributed by atoms with Crippen molar-refractivity contribution >= 4 is 16.2 Å². The molecule has 0 N–H and O–H groups in total. The van der Waals surface area contributed by atoms with Crippen molar-refractivity contribution in [2.45, 2.75) is 18.9 Å². The molecule has 0 amide bonds. The van der Waals surface area contributed by atoms with Gasteiger partial charge in [0.1, 0.15) is 0 Å². The Morgan fingerprint density at radius 3 is 2.46 bits per heavy atom. The summed E-state index contributed by atoms with van der Waals surface area (Å²) in [6.45, 7) is 1.89. The molecule has 1 aliphatic heterocycles. The number of rotatable bonds is 2. The van der Waals surface area contributed by atoms with Crippen LogP contribution >= 0.6 is 0 Å². The van der Waals surface area contributed by atoms with Crippen LogP contribution in [0.1, 0.15) is 13.3 Å². The molecule has 0 aromatic heterocycles. The molecule has 13 heavy (non-hydrogen) atoms. The van der Waals surface area contributed by atoms with Gasteiger partial charge in [-0.2, -0.15) is 0 Å². The lowest BCUT2D eigenvalue weighted by atomic mass is 10.0. The van der Waals surface area contributed by atoms with Gasteiger partial charge in [0.25, 0.3) is 0 Å². The Balaban J connectivity index is 2.71. The summed E-state index contributed by atoms with van der Waals surface area (Å²) in [5, 5.41) is 0. The quantitative estimate of drug-likeness (QED) is 0.475. The minimum atomic E-state index is -2.83. The highest BCUT2D eigenvalue weighted by Crippen LogP contribution is 2.26. The zero-order valence-corrected chi connectivity index (χ0v) is 9.13. The second-order valence-electron chi connectivity index (χ2n) is 4.05. The Hall–Kier alpha value is -0.580. The van der Waals surface area contributed by atoms with Gasteiger partial charge in [-0.15, -0.1) is 0 Å². The largest absolute Gasteiger partial charge is 0.369 e. The van der Waals surface area contributed by atoms with Crippen molar-refractivity contribution in [3.05, 3.63) is 0 Å². The topological polar surface area (TPSA) is 49.7 Å². The zero-order valence-electron chi connectivity index (χ0n) is 8.32. The summed E-state index contributed by atoms with van der Waals surface area (Å²) < 4.78 is 22.4. The number of aliphatic imine (C=N–C) groups is 1. The van der Waals surface area contributed by atoms with E-state index in [0.29, 0.717) is 6.42 Å². The van der Waals surface area contributed by atoms with Crippen molar-refractivity contribution in [1.82, 2.24) is 4.90 Å². The number of hydrogen-bond acceptors (Lipinski definition) is 3. The van der Waals surface area contributed by atoms with E-state index in [1.165, 1.54) is 0 Å². The first kappa shape index (κ1) is 10.5. The van der Waals surface area contributed by atoms with Crippen molar-refractivity contribution < 1.29 is 8.42 Å². The Morgan fingerprint density at radius 2 is 2.08 bits per heavy atom. The first-order chi connectivity index (χ1) is 5.83. The summed E-state index contributed by atoms with van der Waals surface area (Å²) in [5.74, 6) is 0.457. The van der Waals surface area contributed by atoms with Gasteiger partial charge < -0.3 is 4.90 Å². The van der Waals surface area contributed by atoms with E-state index in [9.17, 15) is 8.42 Å². The zero-order chi connectivity index (χ0) is 10.1. The molecular formula is C8H16N2O2S. The first-order valence-corrected chi connectivity index (χ1v) is 6.07. The van der Waals surface area contributed by atoms with Gasteiger partial charge in [-0.1, -0.05) is 0 Å². The monoisotopic (exact) mass is 204 g/mol. The lowest BCUT2D eigenvalue weighted by Gasteiger charge is -2.16. The van der Waals surface area contributed by atoms with Crippen molar-refractivity contribution in [3.8, 4) is 0 Å². The van der Waals surface area contributed by atoms with Crippen molar-refractivity contribution in [1.29, 1.82) is 0 Å². The van der Waals surface area contributed by atoms with E-state index in [1.807, 2.05) is 25.9 Å². The third-order valence-corrected chi connectivity index (χ3v) is 3.97. The molecule has 1 aliphatic rings. The Morgan fingerprint density at radius 1 is 1.46 bits per heavy atom. The number of hydrogen-bond donors (Lipinski definition) is 0. The number of sulfone groups is 1. The Kier molecular flexibility index (Phi) is 2.66. The minimum Gasteiger partial charge on any atom is -0.369 e. The van der Waals surface area contributed by atoms with Gasteiger partial charge in [0.2, 0.25) is 0 Å². The maximum atomic E-state index is 11.2. The summed E-state index contributed by atoms with van der Waals surface area (Å²) in [6, 6.07) is 0. The van der Waals surface area contributed by atoms with E-state index in [-0.39, 0.29) is 11.5 Å². The summed E-state index contributed by atoms with van der Waals surface area (Å²) in [5.41, 5.74) is -0.400.